The molecule has 1 saturated carbocycles. The quantitative estimate of drug-likeness (QED) is 0.311. The van der Waals surface area contributed by atoms with Gasteiger partial charge in [0, 0.05) is 18.3 Å². The fourth-order valence-electron chi connectivity index (χ4n) is 4.84. The van der Waals surface area contributed by atoms with Crippen molar-refractivity contribution in [3.63, 3.8) is 0 Å². The summed E-state index contributed by atoms with van der Waals surface area (Å²) in [5, 5.41) is 0. The van der Waals surface area contributed by atoms with Gasteiger partial charge in [-0.2, -0.15) is 0 Å². The van der Waals surface area contributed by atoms with Crippen LogP contribution in [0.5, 0.6) is 0 Å². The van der Waals surface area contributed by atoms with Gasteiger partial charge >= 0.3 is 11.9 Å². The van der Waals surface area contributed by atoms with E-state index in [2.05, 4.69) is 6.92 Å². The lowest BCUT2D eigenvalue weighted by Gasteiger charge is -2.49. The lowest BCUT2D eigenvalue weighted by atomic mass is 9.52. The fourth-order valence-corrected chi connectivity index (χ4v) is 4.84. The van der Waals surface area contributed by atoms with Crippen molar-refractivity contribution in [1.29, 1.82) is 0 Å². The Balaban J connectivity index is 0.00000163. The van der Waals surface area contributed by atoms with Gasteiger partial charge in [0.25, 0.3) is 0 Å². The van der Waals surface area contributed by atoms with Crippen molar-refractivity contribution >= 4 is 23.5 Å². The maximum Gasteiger partial charge on any atom is 0.309 e. The summed E-state index contributed by atoms with van der Waals surface area (Å²) in [4.78, 5) is 48.7. The second-order valence-corrected chi connectivity index (χ2v) is 8.58. The maximum absolute atomic E-state index is 12.8. The second kappa shape index (κ2) is 15.7. The molecule has 0 amide bonds. The zero-order chi connectivity index (χ0) is 28.1. The number of hydrogen-bond donors (Lipinski definition) is 0. The summed E-state index contributed by atoms with van der Waals surface area (Å²) in [5.41, 5.74) is 3.67. The van der Waals surface area contributed by atoms with Gasteiger partial charge in [-0.25, -0.2) is 0 Å². The average Bonchev–Trinajstić information content (AvgIpc) is 2.91. The van der Waals surface area contributed by atoms with Crippen LogP contribution in [0.4, 0.5) is 0 Å². The standard InChI is InChI=1S/C27H30O6.2C2H6/c1-5-17-6-10-19(11-7-17)22-24(26(30)32-3)23(25(22)27(31)33-4)20-12-8-18(9-13-20)15-21(29)14-16(2)28;2*1-2/h6-13,22-25H,5,14-15H2,1-4H3;2*1-2H3. The first kappa shape index (κ1) is 31.7. The van der Waals surface area contributed by atoms with Gasteiger partial charge in [0.15, 0.2) is 0 Å². The van der Waals surface area contributed by atoms with Crippen molar-refractivity contribution in [3.05, 3.63) is 70.8 Å². The highest BCUT2D eigenvalue weighted by Gasteiger charge is 2.59. The summed E-state index contributed by atoms with van der Waals surface area (Å²) in [6.45, 7) is 11.5. The number of aryl methyl sites for hydroxylation is 1. The summed E-state index contributed by atoms with van der Waals surface area (Å²) < 4.78 is 10.2. The van der Waals surface area contributed by atoms with Gasteiger partial charge in [0.1, 0.15) is 11.6 Å². The van der Waals surface area contributed by atoms with Crippen LogP contribution in [-0.4, -0.2) is 37.7 Å². The van der Waals surface area contributed by atoms with E-state index in [-0.39, 0.29) is 42.3 Å². The highest BCUT2D eigenvalue weighted by atomic mass is 16.5. The number of ether oxygens (including phenoxy) is 2. The van der Waals surface area contributed by atoms with Crippen molar-refractivity contribution in [2.24, 2.45) is 11.8 Å². The molecule has 6 heteroatoms. The smallest absolute Gasteiger partial charge is 0.309 e. The zero-order valence-corrected chi connectivity index (χ0v) is 23.5. The molecule has 1 aliphatic carbocycles. The molecular weight excluding hydrogens is 468 g/mol. The van der Waals surface area contributed by atoms with Crippen LogP contribution < -0.4 is 0 Å². The normalized spacial score (nSPS) is 19.6. The molecule has 2 aromatic rings. The minimum atomic E-state index is -0.531. The molecule has 0 bridgehead atoms. The Morgan fingerprint density at radius 1 is 0.676 bits per heavy atom. The fraction of sp³-hybridized carbons (Fsp3) is 0.484. The van der Waals surface area contributed by atoms with Crippen LogP contribution in [0, 0.1) is 11.8 Å². The molecular formula is C31H42O6. The predicted molar refractivity (Wildman–Crippen MR) is 145 cm³/mol. The third-order valence-corrected chi connectivity index (χ3v) is 6.48. The predicted octanol–water partition coefficient (Wildman–Crippen LogP) is 5.85. The van der Waals surface area contributed by atoms with Gasteiger partial charge in [0.2, 0.25) is 0 Å². The van der Waals surface area contributed by atoms with Gasteiger partial charge < -0.3 is 9.47 Å². The van der Waals surface area contributed by atoms with E-state index in [1.165, 1.54) is 26.7 Å². The molecule has 0 heterocycles. The third kappa shape index (κ3) is 7.85. The van der Waals surface area contributed by atoms with Gasteiger partial charge in [0.05, 0.1) is 32.5 Å². The number of Topliss-reactive ketones (excluding diaryl/α,β-unsaturated/α-hetero) is 2. The molecule has 37 heavy (non-hydrogen) atoms. The molecule has 0 aliphatic heterocycles. The molecule has 1 fully saturated rings. The Morgan fingerprint density at radius 2 is 1.05 bits per heavy atom. The van der Waals surface area contributed by atoms with Gasteiger partial charge in [-0.05, 0) is 35.6 Å². The molecule has 2 unspecified atom stereocenters. The van der Waals surface area contributed by atoms with E-state index in [9.17, 15) is 19.2 Å². The number of carbonyl (C=O) groups is 4. The molecule has 0 aromatic heterocycles. The summed E-state index contributed by atoms with van der Waals surface area (Å²) in [7, 11) is 2.71. The van der Waals surface area contributed by atoms with Crippen molar-refractivity contribution in [2.45, 2.75) is 72.6 Å². The van der Waals surface area contributed by atoms with Crippen LogP contribution in [0.15, 0.2) is 48.5 Å². The van der Waals surface area contributed by atoms with Gasteiger partial charge in [-0.15, -0.1) is 0 Å². The molecule has 202 valence electrons. The zero-order valence-electron chi connectivity index (χ0n) is 23.5. The lowest BCUT2D eigenvalue weighted by Crippen LogP contribution is -2.51. The Bertz CT molecular complexity index is 999. The molecule has 2 aromatic carbocycles. The number of carbonyl (C=O) groups excluding carboxylic acids is 4. The SMILES string of the molecule is CC.CC.CCc1ccc(C2C(C(=O)OC)C(c3ccc(CC(=O)CC(C)=O)cc3)C2C(=O)OC)cc1. The molecule has 0 radical (unpaired) electrons. The summed E-state index contributed by atoms with van der Waals surface area (Å²) in [6, 6.07) is 15.2. The first-order valence-electron chi connectivity index (χ1n) is 13.1. The molecule has 0 saturated heterocycles. The highest BCUT2D eigenvalue weighted by Crippen LogP contribution is 2.58. The Morgan fingerprint density at radius 3 is 1.38 bits per heavy atom. The summed E-state index contributed by atoms with van der Waals surface area (Å²) in [5.74, 6) is -2.86. The van der Waals surface area contributed by atoms with E-state index in [0.29, 0.717) is 0 Å². The van der Waals surface area contributed by atoms with E-state index >= 15 is 0 Å². The van der Waals surface area contributed by atoms with Crippen molar-refractivity contribution in [2.75, 3.05) is 14.2 Å². The van der Waals surface area contributed by atoms with E-state index in [1.54, 1.807) is 12.1 Å². The number of esters is 2. The molecule has 0 spiro atoms. The van der Waals surface area contributed by atoms with Crippen molar-refractivity contribution < 1.29 is 28.7 Å². The molecule has 1 aliphatic rings. The first-order valence-corrected chi connectivity index (χ1v) is 13.1. The van der Waals surface area contributed by atoms with Crippen molar-refractivity contribution in [1.82, 2.24) is 0 Å². The minimum Gasteiger partial charge on any atom is -0.469 e. The molecule has 0 N–H and O–H groups in total. The van der Waals surface area contributed by atoms with E-state index in [4.69, 9.17) is 9.47 Å². The van der Waals surface area contributed by atoms with Gasteiger partial charge in [-0.1, -0.05) is 83.1 Å². The van der Waals surface area contributed by atoms with Crippen LogP contribution >= 0.6 is 0 Å². The largest absolute Gasteiger partial charge is 0.469 e. The highest BCUT2D eigenvalue weighted by molar-refractivity contribution is 5.98. The number of benzene rings is 2. The molecule has 3 rings (SSSR count). The molecule has 2 atom stereocenters. The maximum atomic E-state index is 12.8. The van der Waals surface area contributed by atoms with E-state index in [1.807, 2.05) is 64.1 Å². The summed E-state index contributed by atoms with van der Waals surface area (Å²) >= 11 is 0. The van der Waals surface area contributed by atoms with Crippen LogP contribution in [0.1, 0.15) is 82.1 Å². The minimum absolute atomic E-state index is 0.0856. The number of ketones is 2. The van der Waals surface area contributed by atoms with Crippen LogP contribution in [-0.2, 0) is 41.5 Å². The van der Waals surface area contributed by atoms with Crippen LogP contribution in [0.2, 0.25) is 0 Å². The Labute approximate surface area is 221 Å². The van der Waals surface area contributed by atoms with Crippen LogP contribution in [0.25, 0.3) is 0 Å². The van der Waals surface area contributed by atoms with Crippen molar-refractivity contribution in [3.8, 4) is 0 Å². The number of rotatable bonds is 9. The average molecular weight is 511 g/mol. The topological polar surface area (TPSA) is 86.7 Å². The third-order valence-electron chi connectivity index (χ3n) is 6.48. The second-order valence-electron chi connectivity index (χ2n) is 8.58. The monoisotopic (exact) mass is 510 g/mol. The van der Waals surface area contributed by atoms with E-state index < -0.39 is 17.8 Å². The van der Waals surface area contributed by atoms with E-state index in [0.717, 1.165) is 23.1 Å². The molecule has 6 nitrogen and oxygen atoms in total. The summed E-state index contributed by atoms with van der Waals surface area (Å²) in [6.07, 6.45) is 0.977. The number of hydrogen-bond acceptors (Lipinski definition) is 6. The van der Waals surface area contributed by atoms with Crippen LogP contribution in [0.3, 0.4) is 0 Å². The lowest BCUT2D eigenvalue weighted by molar-refractivity contribution is -0.164. The Kier molecular flexibility index (Phi) is 13.5. The number of methoxy groups -OCH3 is 2. The first-order chi connectivity index (χ1) is 17.8. The van der Waals surface area contributed by atoms with Gasteiger partial charge in [-0.3, -0.25) is 19.2 Å². The Hall–Kier alpha value is -3.28.